The van der Waals surface area contributed by atoms with Crippen LogP contribution in [0.25, 0.3) is 5.65 Å². The third-order valence-electron chi connectivity index (χ3n) is 5.66. The second kappa shape index (κ2) is 9.62. The minimum absolute atomic E-state index is 0.0146. The topological polar surface area (TPSA) is 87.0 Å². The quantitative estimate of drug-likeness (QED) is 0.616. The Hall–Kier alpha value is -3.04. The first-order valence-corrected chi connectivity index (χ1v) is 11.6. The van der Waals surface area contributed by atoms with E-state index in [1.807, 2.05) is 42.3 Å². The SMILES string of the molecule is CC(C)C(NC(=O)c1cccs1)C(=O)N1CCN(Cc2cc(=O)n3ccccc3n2)CC1. The molecule has 4 rings (SSSR count). The molecule has 32 heavy (non-hydrogen) atoms. The lowest BCUT2D eigenvalue weighted by Crippen LogP contribution is -2.56. The highest BCUT2D eigenvalue weighted by Gasteiger charge is 2.31. The summed E-state index contributed by atoms with van der Waals surface area (Å²) >= 11 is 1.36. The van der Waals surface area contributed by atoms with E-state index in [-0.39, 0.29) is 23.3 Å². The number of piperazine rings is 1. The summed E-state index contributed by atoms with van der Waals surface area (Å²) in [6.45, 7) is 6.96. The molecular formula is C23H27N5O3S. The van der Waals surface area contributed by atoms with Crippen molar-refractivity contribution >= 4 is 28.8 Å². The van der Waals surface area contributed by atoms with Crippen molar-refractivity contribution in [1.29, 1.82) is 0 Å². The lowest BCUT2D eigenvalue weighted by Gasteiger charge is -2.37. The molecule has 1 fully saturated rings. The minimum atomic E-state index is -0.557. The lowest BCUT2D eigenvalue weighted by atomic mass is 10.0. The molecule has 1 saturated heterocycles. The van der Waals surface area contributed by atoms with Gasteiger partial charge in [-0.15, -0.1) is 11.3 Å². The van der Waals surface area contributed by atoms with E-state index < -0.39 is 6.04 Å². The fourth-order valence-corrected chi connectivity index (χ4v) is 4.50. The first kappa shape index (κ1) is 22.2. The van der Waals surface area contributed by atoms with Crippen molar-refractivity contribution in [2.24, 2.45) is 5.92 Å². The number of rotatable bonds is 6. The highest BCUT2D eigenvalue weighted by Crippen LogP contribution is 2.14. The number of fused-ring (bicyclic) bond motifs is 1. The summed E-state index contributed by atoms with van der Waals surface area (Å²) in [5.41, 5.74) is 1.26. The fourth-order valence-electron chi connectivity index (χ4n) is 3.87. The van der Waals surface area contributed by atoms with E-state index in [4.69, 9.17) is 0 Å². The van der Waals surface area contributed by atoms with Crippen LogP contribution in [0.2, 0.25) is 0 Å². The van der Waals surface area contributed by atoms with Crippen LogP contribution in [-0.4, -0.2) is 63.2 Å². The van der Waals surface area contributed by atoms with Gasteiger partial charge in [0.25, 0.3) is 11.5 Å². The smallest absolute Gasteiger partial charge is 0.262 e. The highest BCUT2D eigenvalue weighted by molar-refractivity contribution is 7.12. The van der Waals surface area contributed by atoms with Crippen molar-refractivity contribution in [2.75, 3.05) is 26.2 Å². The fraction of sp³-hybridized carbons (Fsp3) is 0.391. The molecule has 4 heterocycles. The number of carbonyl (C=O) groups excluding carboxylic acids is 2. The van der Waals surface area contributed by atoms with Gasteiger partial charge in [0.1, 0.15) is 11.7 Å². The van der Waals surface area contributed by atoms with E-state index in [2.05, 4.69) is 15.2 Å². The van der Waals surface area contributed by atoms with Crippen molar-refractivity contribution in [1.82, 2.24) is 24.5 Å². The molecule has 1 atom stereocenters. The number of thiophene rings is 1. The Labute approximate surface area is 190 Å². The van der Waals surface area contributed by atoms with Gasteiger partial charge in [0, 0.05) is 45.0 Å². The number of nitrogens with zero attached hydrogens (tertiary/aromatic N) is 4. The average molecular weight is 454 g/mol. The van der Waals surface area contributed by atoms with E-state index in [0.29, 0.717) is 43.2 Å². The van der Waals surface area contributed by atoms with Crippen molar-refractivity contribution in [2.45, 2.75) is 26.4 Å². The van der Waals surface area contributed by atoms with Gasteiger partial charge in [-0.3, -0.25) is 23.7 Å². The van der Waals surface area contributed by atoms with Gasteiger partial charge in [-0.05, 0) is 29.5 Å². The van der Waals surface area contributed by atoms with E-state index in [1.165, 1.54) is 15.7 Å². The summed E-state index contributed by atoms with van der Waals surface area (Å²) in [4.78, 5) is 47.1. The molecule has 0 saturated carbocycles. The number of aromatic nitrogens is 2. The Morgan fingerprint density at radius 1 is 1.12 bits per heavy atom. The van der Waals surface area contributed by atoms with Gasteiger partial charge in [-0.25, -0.2) is 4.98 Å². The number of pyridine rings is 1. The molecule has 0 spiro atoms. The van der Waals surface area contributed by atoms with Gasteiger partial charge < -0.3 is 10.2 Å². The summed E-state index contributed by atoms with van der Waals surface area (Å²) in [5.74, 6) is -0.273. The van der Waals surface area contributed by atoms with Crippen LogP contribution in [0.15, 0.2) is 52.8 Å². The van der Waals surface area contributed by atoms with Gasteiger partial charge >= 0.3 is 0 Å². The molecule has 8 nitrogen and oxygen atoms in total. The molecule has 3 aromatic rings. The molecule has 0 aromatic carbocycles. The van der Waals surface area contributed by atoms with Crippen LogP contribution in [0, 0.1) is 5.92 Å². The second-order valence-corrected chi connectivity index (χ2v) is 9.24. The summed E-state index contributed by atoms with van der Waals surface area (Å²) in [6.07, 6.45) is 1.71. The molecule has 168 valence electrons. The predicted molar refractivity (Wildman–Crippen MR) is 124 cm³/mol. The zero-order valence-corrected chi connectivity index (χ0v) is 19.0. The number of hydrogen-bond donors (Lipinski definition) is 1. The second-order valence-electron chi connectivity index (χ2n) is 8.29. The van der Waals surface area contributed by atoms with Gasteiger partial charge in [0.2, 0.25) is 5.91 Å². The summed E-state index contributed by atoms with van der Waals surface area (Å²) in [7, 11) is 0. The maximum absolute atomic E-state index is 13.1. The zero-order chi connectivity index (χ0) is 22.7. The highest BCUT2D eigenvalue weighted by atomic mass is 32.1. The molecule has 0 radical (unpaired) electrons. The van der Waals surface area contributed by atoms with Crippen LogP contribution in [-0.2, 0) is 11.3 Å². The summed E-state index contributed by atoms with van der Waals surface area (Å²) < 4.78 is 1.52. The third-order valence-corrected chi connectivity index (χ3v) is 6.53. The van der Waals surface area contributed by atoms with Gasteiger partial charge in [-0.1, -0.05) is 26.0 Å². The first-order chi connectivity index (χ1) is 15.4. The van der Waals surface area contributed by atoms with E-state index in [9.17, 15) is 14.4 Å². The third kappa shape index (κ3) is 4.89. The Kier molecular flexibility index (Phi) is 6.66. The molecule has 9 heteroatoms. The molecule has 3 aromatic heterocycles. The largest absolute Gasteiger partial charge is 0.339 e. The van der Waals surface area contributed by atoms with Crippen LogP contribution in [0.3, 0.4) is 0 Å². The van der Waals surface area contributed by atoms with Crippen LogP contribution in [0.4, 0.5) is 0 Å². The van der Waals surface area contributed by atoms with Crippen molar-refractivity contribution in [3.63, 3.8) is 0 Å². The summed E-state index contributed by atoms with van der Waals surface area (Å²) in [6, 6.07) is 10.1. The maximum atomic E-state index is 13.1. The first-order valence-electron chi connectivity index (χ1n) is 10.7. The van der Waals surface area contributed by atoms with Crippen LogP contribution in [0.1, 0.15) is 29.2 Å². The van der Waals surface area contributed by atoms with Gasteiger partial charge in [-0.2, -0.15) is 0 Å². The number of carbonyl (C=O) groups is 2. The molecular weight excluding hydrogens is 426 g/mol. The van der Waals surface area contributed by atoms with Crippen LogP contribution in [0.5, 0.6) is 0 Å². The molecule has 1 N–H and O–H groups in total. The molecule has 1 unspecified atom stereocenters. The molecule has 0 bridgehead atoms. The van der Waals surface area contributed by atoms with Crippen molar-refractivity contribution < 1.29 is 9.59 Å². The van der Waals surface area contributed by atoms with Crippen molar-refractivity contribution in [3.8, 4) is 0 Å². The summed E-state index contributed by atoms with van der Waals surface area (Å²) in [5, 5.41) is 4.76. The van der Waals surface area contributed by atoms with E-state index in [0.717, 1.165) is 5.69 Å². The average Bonchev–Trinajstić information content (AvgIpc) is 3.32. The molecule has 1 aliphatic heterocycles. The standard InChI is InChI=1S/C23H27N5O3S/c1-16(2)21(25-22(30)18-6-5-13-32-18)23(31)27-11-9-26(10-12-27)15-17-14-20(29)28-8-4-3-7-19(28)24-17/h3-8,13-14,16,21H,9-12,15H2,1-2H3,(H,25,30). The van der Waals surface area contributed by atoms with Crippen molar-refractivity contribution in [3.05, 3.63) is 68.9 Å². The Morgan fingerprint density at radius 3 is 2.59 bits per heavy atom. The minimum Gasteiger partial charge on any atom is -0.339 e. The normalized spacial score (nSPS) is 15.8. The monoisotopic (exact) mass is 453 g/mol. The van der Waals surface area contributed by atoms with Crippen LogP contribution < -0.4 is 10.9 Å². The molecule has 0 aliphatic carbocycles. The Balaban J connectivity index is 1.36. The Morgan fingerprint density at radius 2 is 1.91 bits per heavy atom. The Bertz CT molecular complexity index is 1150. The number of amides is 2. The number of hydrogen-bond acceptors (Lipinski definition) is 6. The predicted octanol–water partition coefficient (Wildman–Crippen LogP) is 1.85. The number of nitrogens with one attached hydrogen (secondary N) is 1. The zero-order valence-electron chi connectivity index (χ0n) is 18.2. The van der Waals surface area contributed by atoms with Gasteiger partial charge in [0.05, 0.1) is 10.6 Å². The van der Waals surface area contributed by atoms with Gasteiger partial charge in [0.15, 0.2) is 0 Å². The lowest BCUT2D eigenvalue weighted by molar-refractivity contribution is -0.136. The van der Waals surface area contributed by atoms with E-state index >= 15 is 0 Å². The molecule has 2 amide bonds. The van der Waals surface area contributed by atoms with Crippen LogP contribution >= 0.6 is 11.3 Å². The molecule has 1 aliphatic rings. The van der Waals surface area contributed by atoms with E-state index in [1.54, 1.807) is 24.4 Å². The maximum Gasteiger partial charge on any atom is 0.262 e.